The predicted molar refractivity (Wildman–Crippen MR) is 61.8 cm³/mol. The molecule has 0 heterocycles. The molecule has 0 aliphatic heterocycles. The van der Waals surface area contributed by atoms with E-state index < -0.39 is 12.2 Å². The molecule has 80 valence electrons. The van der Waals surface area contributed by atoms with Gasteiger partial charge in [-0.15, -0.1) is 0 Å². The van der Waals surface area contributed by atoms with E-state index in [2.05, 4.69) is 0 Å². The Morgan fingerprint density at radius 3 is 1.44 bits per heavy atom. The summed E-state index contributed by atoms with van der Waals surface area (Å²) in [5, 5.41) is 20.1. The summed E-state index contributed by atoms with van der Waals surface area (Å²) in [7, 11) is 0. The van der Waals surface area contributed by atoms with E-state index in [0.717, 1.165) is 22.3 Å². The standard InChI is InChI=1S/C14H12O2/c15-13-11-7-3-1-5-9(11)10-6-2-4-8-12(10)14(13)16/h1-8,13-16H. The third-order valence-corrected chi connectivity index (χ3v) is 3.15. The summed E-state index contributed by atoms with van der Waals surface area (Å²) in [5.41, 5.74) is 3.62. The summed E-state index contributed by atoms with van der Waals surface area (Å²) in [6, 6.07) is 15.3. The molecule has 0 amide bonds. The monoisotopic (exact) mass is 212 g/mol. The van der Waals surface area contributed by atoms with E-state index in [1.807, 2.05) is 48.5 Å². The molecule has 0 fully saturated rings. The first kappa shape index (κ1) is 9.58. The van der Waals surface area contributed by atoms with Gasteiger partial charge >= 0.3 is 0 Å². The van der Waals surface area contributed by atoms with Gasteiger partial charge in [-0.2, -0.15) is 0 Å². The highest BCUT2D eigenvalue weighted by atomic mass is 16.3. The maximum Gasteiger partial charge on any atom is 0.110 e. The Morgan fingerprint density at radius 2 is 1.00 bits per heavy atom. The van der Waals surface area contributed by atoms with Crippen LogP contribution in [0.15, 0.2) is 48.5 Å². The van der Waals surface area contributed by atoms with Crippen LogP contribution in [0.5, 0.6) is 0 Å². The fourth-order valence-corrected chi connectivity index (χ4v) is 2.34. The van der Waals surface area contributed by atoms with Crippen molar-refractivity contribution in [1.29, 1.82) is 0 Å². The van der Waals surface area contributed by atoms with E-state index in [9.17, 15) is 10.2 Å². The smallest absolute Gasteiger partial charge is 0.110 e. The number of aliphatic hydroxyl groups is 2. The summed E-state index contributed by atoms with van der Waals surface area (Å²) in [6.45, 7) is 0. The Labute approximate surface area is 93.8 Å². The highest BCUT2D eigenvalue weighted by molar-refractivity contribution is 5.74. The Kier molecular flexibility index (Phi) is 2.06. The van der Waals surface area contributed by atoms with E-state index in [0.29, 0.717) is 0 Å². The van der Waals surface area contributed by atoms with Crippen molar-refractivity contribution < 1.29 is 10.2 Å². The molecule has 0 aromatic heterocycles. The number of rotatable bonds is 0. The number of benzene rings is 2. The van der Waals surface area contributed by atoms with E-state index >= 15 is 0 Å². The molecule has 2 N–H and O–H groups in total. The van der Waals surface area contributed by atoms with Crippen LogP contribution in [-0.2, 0) is 0 Å². The summed E-state index contributed by atoms with van der Waals surface area (Å²) in [5.74, 6) is 0. The molecule has 2 aromatic carbocycles. The summed E-state index contributed by atoms with van der Waals surface area (Å²) in [6.07, 6.45) is -1.66. The lowest BCUT2D eigenvalue weighted by Gasteiger charge is -2.28. The van der Waals surface area contributed by atoms with Gasteiger partial charge in [0.05, 0.1) is 0 Å². The van der Waals surface area contributed by atoms with Gasteiger partial charge < -0.3 is 10.2 Å². The van der Waals surface area contributed by atoms with Crippen molar-refractivity contribution >= 4 is 0 Å². The number of hydrogen-bond acceptors (Lipinski definition) is 2. The van der Waals surface area contributed by atoms with Crippen LogP contribution in [0.1, 0.15) is 23.3 Å². The molecule has 1 aliphatic carbocycles. The molecule has 2 unspecified atom stereocenters. The van der Waals surface area contributed by atoms with Crippen LogP contribution in [0.2, 0.25) is 0 Å². The predicted octanol–water partition coefficient (Wildman–Crippen LogP) is 2.43. The molecule has 1 aliphatic rings. The number of hydrogen-bond donors (Lipinski definition) is 2. The first-order valence-electron chi connectivity index (χ1n) is 5.33. The SMILES string of the molecule is OC1c2ccccc2-c2ccccc2C1O. The molecule has 2 aromatic rings. The van der Waals surface area contributed by atoms with Crippen molar-refractivity contribution in [2.45, 2.75) is 12.2 Å². The van der Waals surface area contributed by atoms with Crippen LogP contribution in [0.4, 0.5) is 0 Å². The van der Waals surface area contributed by atoms with Crippen LogP contribution in [0.25, 0.3) is 11.1 Å². The Bertz CT molecular complexity index is 484. The lowest BCUT2D eigenvalue weighted by molar-refractivity contribution is 0.0158. The van der Waals surface area contributed by atoms with Gasteiger partial charge in [0.1, 0.15) is 12.2 Å². The van der Waals surface area contributed by atoms with E-state index in [1.165, 1.54) is 0 Å². The normalized spacial score (nSPS) is 22.4. The van der Waals surface area contributed by atoms with Gasteiger partial charge in [0.15, 0.2) is 0 Å². The molecular weight excluding hydrogens is 200 g/mol. The van der Waals surface area contributed by atoms with Gasteiger partial charge in [-0.1, -0.05) is 48.5 Å². The zero-order valence-corrected chi connectivity index (χ0v) is 8.67. The molecule has 0 saturated carbocycles. The van der Waals surface area contributed by atoms with Crippen molar-refractivity contribution in [3.05, 3.63) is 59.7 Å². The molecule has 0 bridgehead atoms. The maximum atomic E-state index is 10.0. The fourth-order valence-electron chi connectivity index (χ4n) is 2.34. The first-order valence-corrected chi connectivity index (χ1v) is 5.33. The molecule has 3 rings (SSSR count). The average molecular weight is 212 g/mol. The third kappa shape index (κ3) is 1.21. The van der Waals surface area contributed by atoms with Gasteiger partial charge in [0.25, 0.3) is 0 Å². The second-order valence-electron chi connectivity index (χ2n) is 4.06. The average Bonchev–Trinajstić information content (AvgIpc) is 2.36. The van der Waals surface area contributed by atoms with E-state index in [-0.39, 0.29) is 0 Å². The minimum Gasteiger partial charge on any atom is -0.385 e. The van der Waals surface area contributed by atoms with Gasteiger partial charge in [0, 0.05) is 0 Å². The first-order chi connectivity index (χ1) is 7.79. The Balaban J connectivity index is 2.33. The van der Waals surface area contributed by atoms with Gasteiger partial charge in [-0.25, -0.2) is 0 Å². The van der Waals surface area contributed by atoms with Crippen LogP contribution >= 0.6 is 0 Å². The lowest BCUT2D eigenvalue weighted by Crippen LogP contribution is -2.16. The topological polar surface area (TPSA) is 40.5 Å². The number of aliphatic hydroxyl groups excluding tert-OH is 2. The molecule has 0 spiro atoms. The zero-order chi connectivity index (χ0) is 11.1. The fraction of sp³-hybridized carbons (Fsp3) is 0.143. The molecule has 2 nitrogen and oxygen atoms in total. The summed E-state index contributed by atoms with van der Waals surface area (Å²) in [4.78, 5) is 0. The van der Waals surface area contributed by atoms with Crippen LogP contribution in [-0.4, -0.2) is 10.2 Å². The van der Waals surface area contributed by atoms with Crippen molar-refractivity contribution in [2.75, 3.05) is 0 Å². The molecular formula is C14H12O2. The second-order valence-corrected chi connectivity index (χ2v) is 4.06. The van der Waals surface area contributed by atoms with Crippen molar-refractivity contribution in [1.82, 2.24) is 0 Å². The molecule has 0 radical (unpaired) electrons. The summed E-state index contributed by atoms with van der Waals surface area (Å²) < 4.78 is 0. The van der Waals surface area contributed by atoms with E-state index in [1.54, 1.807) is 0 Å². The Morgan fingerprint density at radius 1 is 0.625 bits per heavy atom. The minimum atomic E-state index is -0.828. The quantitative estimate of drug-likeness (QED) is 0.704. The highest BCUT2D eigenvalue weighted by Gasteiger charge is 2.30. The molecule has 0 saturated heterocycles. The van der Waals surface area contributed by atoms with Crippen molar-refractivity contribution in [3.63, 3.8) is 0 Å². The van der Waals surface area contributed by atoms with Crippen LogP contribution in [0, 0.1) is 0 Å². The molecule has 2 atom stereocenters. The lowest BCUT2D eigenvalue weighted by atomic mass is 9.82. The third-order valence-electron chi connectivity index (χ3n) is 3.15. The van der Waals surface area contributed by atoms with Crippen molar-refractivity contribution in [3.8, 4) is 11.1 Å². The van der Waals surface area contributed by atoms with E-state index in [4.69, 9.17) is 0 Å². The molecule has 2 heteroatoms. The molecule has 16 heavy (non-hydrogen) atoms. The van der Waals surface area contributed by atoms with Crippen molar-refractivity contribution in [2.24, 2.45) is 0 Å². The van der Waals surface area contributed by atoms with Gasteiger partial charge in [0.2, 0.25) is 0 Å². The minimum absolute atomic E-state index is 0.800. The number of fused-ring (bicyclic) bond motifs is 3. The highest BCUT2D eigenvalue weighted by Crippen LogP contribution is 2.43. The largest absolute Gasteiger partial charge is 0.385 e. The van der Waals surface area contributed by atoms with Crippen LogP contribution < -0.4 is 0 Å². The van der Waals surface area contributed by atoms with Gasteiger partial charge in [-0.3, -0.25) is 0 Å². The zero-order valence-electron chi connectivity index (χ0n) is 8.67. The Hall–Kier alpha value is -1.64. The second kappa shape index (κ2) is 3.44. The maximum absolute atomic E-state index is 10.0. The summed E-state index contributed by atoms with van der Waals surface area (Å²) >= 11 is 0. The van der Waals surface area contributed by atoms with Crippen LogP contribution in [0.3, 0.4) is 0 Å². The van der Waals surface area contributed by atoms with Gasteiger partial charge in [-0.05, 0) is 22.3 Å².